The molecule has 7 heteroatoms. The van der Waals surface area contributed by atoms with E-state index in [-0.39, 0.29) is 5.71 Å². The molecule has 0 saturated heterocycles. The van der Waals surface area contributed by atoms with E-state index >= 15 is 0 Å². The number of allylic oxidation sites excluding steroid dienone is 6. The van der Waals surface area contributed by atoms with Crippen molar-refractivity contribution >= 4 is 39.3 Å². The van der Waals surface area contributed by atoms with Crippen molar-refractivity contribution in [2.24, 2.45) is 5.92 Å². The number of pyridine rings is 2. The number of thiophene rings is 1. The molecule has 0 aliphatic heterocycles. The number of aromatic nitrogens is 4. The van der Waals surface area contributed by atoms with E-state index in [1.54, 1.807) is 23.6 Å². The molecular weight excluding hydrogens is 416 g/mol. The van der Waals surface area contributed by atoms with Crippen molar-refractivity contribution in [3.8, 4) is 10.4 Å². The van der Waals surface area contributed by atoms with Gasteiger partial charge in [-0.2, -0.15) is 0 Å². The van der Waals surface area contributed by atoms with Crippen molar-refractivity contribution in [1.29, 1.82) is 5.41 Å². The summed E-state index contributed by atoms with van der Waals surface area (Å²) < 4.78 is 0. The molecule has 0 spiro atoms. The summed E-state index contributed by atoms with van der Waals surface area (Å²) in [6, 6.07) is 7.84. The Kier molecular flexibility index (Phi) is 5.03. The van der Waals surface area contributed by atoms with E-state index in [2.05, 4.69) is 48.1 Å². The van der Waals surface area contributed by atoms with Crippen molar-refractivity contribution in [3.05, 3.63) is 89.1 Å². The van der Waals surface area contributed by atoms with Gasteiger partial charge in [-0.3, -0.25) is 10.4 Å². The molecule has 6 nitrogen and oxygen atoms in total. The van der Waals surface area contributed by atoms with Crippen molar-refractivity contribution in [2.75, 3.05) is 5.73 Å². The number of rotatable bonds is 4. The SMILES string of the molecule is Cc1ccc(-c2cncc3[nH]c(C(=N)c4nc(C5=C[C@@H](C)C=CC=C5)ccc4N)nc23)s1. The van der Waals surface area contributed by atoms with Crippen LogP contribution in [0.1, 0.15) is 29.0 Å². The number of nitrogen functional groups attached to an aromatic ring is 1. The fourth-order valence-electron chi connectivity index (χ4n) is 3.72. The molecule has 4 heterocycles. The second kappa shape index (κ2) is 8.01. The molecule has 0 aromatic carbocycles. The monoisotopic (exact) mass is 438 g/mol. The summed E-state index contributed by atoms with van der Waals surface area (Å²) in [5, 5.41) is 8.81. The van der Waals surface area contributed by atoms with Gasteiger partial charge in [-0.1, -0.05) is 37.3 Å². The van der Waals surface area contributed by atoms with Gasteiger partial charge in [-0.05, 0) is 42.7 Å². The van der Waals surface area contributed by atoms with Gasteiger partial charge in [0.1, 0.15) is 16.9 Å². The molecule has 4 aromatic rings. The predicted octanol–water partition coefficient (Wildman–Crippen LogP) is 5.53. The molecule has 0 bridgehead atoms. The lowest BCUT2D eigenvalue weighted by Gasteiger charge is -2.09. The van der Waals surface area contributed by atoms with E-state index < -0.39 is 0 Å². The van der Waals surface area contributed by atoms with Crippen LogP contribution >= 0.6 is 11.3 Å². The second-order valence-electron chi connectivity index (χ2n) is 7.81. The zero-order chi connectivity index (χ0) is 22.2. The largest absolute Gasteiger partial charge is 0.397 e. The Balaban J connectivity index is 1.56. The van der Waals surface area contributed by atoms with Crippen LogP contribution in [0.15, 0.2) is 67.0 Å². The number of anilines is 1. The number of nitrogens with zero attached hydrogens (tertiary/aromatic N) is 3. The molecule has 0 fully saturated rings. The summed E-state index contributed by atoms with van der Waals surface area (Å²) in [6.07, 6.45) is 13.9. The lowest BCUT2D eigenvalue weighted by molar-refractivity contribution is 0.944. The van der Waals surface area contributed by atoms with Crippen molar-refractivity contribution in [3.63, 3.8) is 0 Å². The van der Waals surface area contributed by atoms with Crippen molar-refractivity contribution in [2.45, 2.75) is 13.8 Å². The zero-order valence-corrected chi connectivity index (χ0v) is 18.6. The number of nitrogens with two attached hydrogens (primary N) is 1. The van der Waals surface area contributed by atoms with Crippen LogP contribution in [0.5, 0.6) is 0 Å². The van der Waals surface area contributed by atoms with Crippen LogP contribution in [0.2, 0.25) is 0 Å². The van der Waals surface area contributed by atoms with Crippen LogP contribution < -0.4 is 5.73 Å². The first kappa shape index (κ1) is 20.1. The number of H-pyrrole nitrogens is 1. The molecule has 4 aromatic heterocycles. The average molecular weight is 439 g/mol. The highest BCUT2D eigenvalue weighted by atomic mass is 32.1. The maximum Gasteiger partial charge on any atom is 0.158 e. The summed E-state index contributed by atoms with van der Waals surface area (Å²) in [4.78, 5) is 19.4. The molecule has 0 radical (unpaired) electrons. The van der Waals surface area contributed by atoms with Gasteiger partial charge in [-0.15, -0.1) is 11.3 Å². The van der Waals surface area contributed by atoms with Gasteiger partial charge in [0.2, 0.25) is 0 Å². The molecule has 158 valence electrons. The van der Waals surface area contributed by atoms with Gasteiger partial charge in [0.25, 0.3) is 0 Å². The highest BCUT2D eigenvalue weighted by Crippen LogP contribution is 2.32. The minimum absolute atomic E-state index is 0.151. The van der Waals surface area contributed by atoms with Crippen LogP contribution in [0.25, 0.3) is 27.0 Å². The lowest BCUT2D eigenvalue weighted by Crippen LogP contribution is -2.11. The molecule has 32 heavy (non-hydrogen) atoms. The van der Waals surface area contributed by atoms with Crippen molar-refractivity contribution in [1.82, 2.24) is 19.9 Å². The molecular formula is C25H22N6S. The minimum Gasteiger partial charge on any atom is -0.397 e. The zero-order valence-electron chi connectivity index (χ0n) is 17.8. The highest BCUT2D eigenvalue weighted by Gasteiger charge is 2.18. The standard InChI is InChI=1S/C25H22N6S/c1-14-5-3-4-6-16(11-14)19-9-8-18(26)24(29-19)22(27)25-30-20-13-28-12-17(23(20)31-25)21-10-7-15(2)32-21/h3-14,27H,26H2,1-2H3,(H,30,31)/t14-/m0/s1. The smallest absolute Gasteiger partial charge is 0.158 e. The number of imidazole rings is 1. The predicted molar refractivity (Wildman–Crippen MR) is 132 cm³/mol. The Morgan fingerprint density at radius 3 is 2.81 bits per heavy atom. The molecule has 1 atom stereocenters. The van der Waals surface area contributed by atoms with Gasteiger partial charge in [0.15, 0.2) is 5.82 Å². The molecule has 0 amide bonds. The maximum atomic E-state index is 8.81. The van der Waals surface area contributed by atoms with Crippen LogP contribution in [-0.4, -0.2) is 25.6 Å². The number of hydrogen-bond acceptors (Lipinski definition) is 6. The van der Waals surface area contributed by atoms with Gasteiger partial charge in [0.05, 0.1) is 23.1 Å². The summed E-state index contributed by atoms with van der Waals surface area (Å²) >= 11 is 1.69. The van der Waals surface area contributed by atoms with E-state index in [0.29, 0.717) is 23.1 Å². The number of nitrogens with one attached hydrogen (secondary N) is 2. The quantitative estimate of drug-likeness (QED) is 0.364. The van der Waals surface area contributed by atoms with Gasteiger partial charge >= 0.3 is 0 Å². The fourth-order valence-corrected chi connectivity index (χ4v) is 4.60. The molecule has 0 saturated carbocycles. The van der Waals surface area contributed by atoms with Crippen LogP contribution in [0.3, 0.4) is 0 Å². The molecule has 1 aliphatic carbocycles. The second-order valence-corrected chi connectivity index (χ2v) is 9.10. The third kappa shape index (κ3) is 3.67. The Bertz CT molecular complexity index is 1440. The van der Waals surface area contributed by atoms with E-state index in [4.69, 9.17) is 21.1 Å². The summed E-state index contributed by atoms with van der Waals surface area (Å²) in [7, 11) is 0. The fraction of sp³-hybridized carbons (Fsp3) is 0.120. The average Bonchev–Trinajstić information content (AvgIpc) is 3.35. The molecule has 4 N–H and O–H groups in total. The Morgan fingerprint density at radius 2 is 2.00 bits per heavy atom. The molecule has 5 rings (SSSR count). The number of aryl methyl sites for hydroxylation is 1. The van der Waals surface area contributed by atoms with Gasteiger partial charge in [-0.25, -0.2) is 9.97 Å². The maximum absolute atomic E-state index is 8.81. The lowest BCUT2D eigenvalue weighted by atomic mass is 10.0. The third-order valence-corrected chi connectivity index (χ3v) is 6.37. The topological polar surface area (TPSA) is 104 Å². The summed E-state index contributed by atoms with van der Waals surface area (Å²) in [6.45, 7) is 4.20. The Labute approximate surface area is 189 Å². The van der Waals surface area contributed by atoms with Gasteiger partial charge in [0, 0.05) is 21.5 Å². The van der Waals surface area contributed by atoms with E-state index in [0.717, 1.165) is 32.7 Å². The Morgan fingerprint density at radius 1 is 1.12 bits per heavy atom. The van der Waals surface area contributed by atoms with Crippen LogP contribution in [-0.2, 0) is 0 Å². The first-order chi connectivity index (χ1) is 15.5. The summed E-state index contributed by atoms with van der Waals surface area (Å²) in [5.74, 6) is 0.712. The minimum atomic E-state index is 0.151. The molecule has 0 unspecified atom stereocenters. The number of fused-ring (bicyclic) bond motifs is 1. The normalized spacial score (nSPS) is 15.7. The van der Waals surface area contributed by atoms with Crippen LogP contribution in [0.4, 0.5) is 5.69 Å². The number of hydrogen-bond donors (Lipinski definition) is 3. The first-order valence-electron chi connectivity index (χ1n) is 10.3. The Hall–Kier alpha value is -3.84. The van der Waals surface area contributed by atoms with E-state index in [1.807, 2.05) is 30.5 Å². The van der Waals surface area contributed by atoms with Crippen LogP contribution in [0, 0.1) is 18.3 Å². The molecule has 1 aliphatic rings. The van der Waals surface area contributed by atoms with E-state index in [1.165, 1.54) is 4.88 Å². The van der Waals surface area contributed by atoms with E-state index in [9.17, 15) is 0 Å². The van der Waals surface area contributed by atoms with Gasteiger partial charge < -0.3 is 10.7 Å². The summed E-state index contributed by atoms with van der Waals surface area (Å²) in [5.41, 5.74) is 11.5. The first-order valence-corrected chi connectivity index (χ1v) is 11.1. The number of aromatic amines is 1. The highest BCUT2D eigenvalue weighted by molar-refractivity contribution is 7.15. The van der Waals surface area contributed by atoms with Crippen molar-refractivity contribution < 1.29 is 0 Å². The third-order valence-electron chi connectivity index (χ3n) is 5.34.